The van der Waals surface area contributed by atoms with Gasteiger partial charge in [0.2, 0.25) is 0 Å². The van der Waals surface area contributed by atoms with E-state index in [1.165, 1.54) is 6.20 Å². The number of carbonyl (C=O) groups excluding carboxylic acids is 1. The predicted octanol–water partition coefficient (Wildman–Crippen LogP) is 1.12. The first-order chi connectivity index (χ1) is 8.01. The third-order valence-corrected chi connectivity index (χ3v) is 3.15. The minimum absolute atomic E-state index is 0.0260. The fraction of sp³-hybridized carbons (Fsp3) is 0.333. The maximum atomic E-state index is 11.7. The highest BCUT2D eigenvalue weighted by molar-refractivity contribution is 6.48. The number of nitrogens with one attached hydrogen (secondary N) is 1. The second kappa shape index (κ2) is 6.37. The zero-order chi connectivity index (χ0) is 13.0. The molecule has 0 radical (unpaired) electrons. The van der Waals surface area contributed by atoms with Crippen LogP contribution in [0.3, 0.4) is 0 Å². The largest absolute Gasteiger partial charge is 0.394 e. The number of aliphatic hydroxyl groups is 2. The van der Waals surface area contributed by atoms with Gasteiger partial charge >= 0.3 is 0 Å². The minimum Gasteiger partial charge on any atom is -0.394 e. The lowest BCUT2D eigenvalue weighted by molar-refractivity contribution is 0.0874. The SMILES string of the molecule is O=C(NC(CO)CO)c1ncc(Cl)c(Cl)c1Cl. The number of nitrogens with zero attached hydrogens (tertiary/aromatic N) is 1. The van der Waals surface area contributed by atoms with E-state index in [0.717, 1.165) is 0 Å². The zero-order valence-corrected chi connectivity index (χ0v) is 10.7. The molecule has 17 heavy (non-hydrogen) atoms. The average Bonchev–Trinajstić information content (AvgIpc) is 2.32. The summed E-state index contributed by atoms with van der Waals surface area (Å²) in [5, 5.41) is 20.0. The van der Waals surface area contributed by atoms with E-state index in [2.05, 4.69) is 10.3 Å². The molecular formula is C9H9Cl3N2O3. The van der Waals surface area contributed by atoms with E-state index in [9.17, 15) is 4.79 Å². The van der Waals surface area contributed by atoms with Crippen LogP contribution in [0.2, 0.25) is 15.1 Å². The zero-order valence-electron chi connectivity index (χ0n) is 8.45. The van der Waals surface area contributed by atoms with Gasteiger partial charge in [0, 0.05) is 6.20 Å². The third-order valence-electron chi connectivity index (χ3n) is 1.91. The van der Waals surface area contributed by atoms with E-state index in [1.807, 2.05) is 0 Å². The summed E-state index contributed by atoms with van der Waals surface area (Å²) in [6.45, 7) is -0.803. The Morgan fingerprint density at radius 1 is 1.29 bits per heavy atom. The molecule has 0 fully saturated rings. The Labute approximate surface area is 112 Å². The Morgan fingerprint density at radius 3 is 2.41 bits per heavy atom. The Morgan fingerprint density at radius 2 is 1.88 bits per heavy atom. The van der Waals surface area contributed by atoms with Gasteiger partial charge in [-0.3, -0.25) is 4.79 Å². The smallest absolute Gasteiger partial charge is 0.271 e. The fourth-order valence-corrected chi connectivity index (χ4v) is 1.57. The standard InChI is InChI=1S/C9H9Cl3N2O3/c10-5-1-13-8(7(12)6(5)11)9(17)14-4(2-15)3-16/h1,4,15-16H,2-3H2,(H,14,17). The van der Waals surface area contributed by atoms with Crippen molar-refractivity contribution in [1.29, 1.82) is 0 Å². The van der Waals surface area contributed by atoms with E-state index in [4.69, 9.17) is 45.0 Å². The summed E-state index contributed by atoms with van der Waals surface area (Å²) in [6.07, 6.45) is 1.19. The number of hydrogen-bond donors (Lipinski definition) is 3. The summed E-state index contributed by atoms with van der Waals surface area (Å²) in [7, 11) is 0. The average molecular weight is 300 g/mol. The van der Waals surface area contributed by atoms with Crippen molar-refractivity contribution in [2.75, 3.05) is 13.2 Å². The number of pyridine rings is 1. The quantitative estimate of drug-likeness (QED) is 0.778. The van der Waals surface area contributed by atoms with Gasteiger partial charge in [0.25, 0.3) is 5.91 Å². The topological polar surface area (TPSA) is 82.5 Å². The van der Waals surface area contributed by atoms with Crippen molar-refractivity contribution in [3.8, 4) is 0 Å². The number of hydrogen-bond acceptors (Lipinski definition) is 4. The lowest BCUT2D eigenvalue weighted by Crippen LogP contribution is -2.40. The first-order valence-corrected chi connectivity index (χ1v) is 5.66. The Hall–Kier alpha value is -0.590. The van der Waals surface area contributed by atoms with Crippen LogP contribution in [-0.4, -0.2) is 40.4 Å². The first kappa shape index (κ1) is 14.5. The molecule has 1 aromatic rings. The molecule has 94 valence electrons. The van der Waals surface area contributed by atoms with Crippen LogP contribution in [0, 0.1) is 0 Å². The number of amides is 1. The predicted molar refractivity (Wildman–Crippen MR) is 64.7 cm³/mol. The van der Waals surface area contributed by atoms with E-state index in [1.54, 1.807) is 0 Å². The number of rotatable bonds is 4. The van der Waals surface area contributed by atoms with Crippen molar-refractivity contribution in [3.63, 3.8) is 0 Å². The normalized spacial score (nSPS) is 10.7. The molecule has 1 heterocycles. The van der Waals surface area contributed by atoms with Crippen molar-refractivity contribution >= 4 is 40.7 Å². The van der Waals surface area contributed by atoms with Gasteiger partial charge in [0.05, 0.1) is 34.3 Å². The Kier molecular flexibility index (Phi) is 5.42. The number of aromatic nitrogens is 1. The summed E-state index contributed by atoms with van der Waals surface area (Å²) in [4.78, 5) is 15.4. The van der Waals surface area contributed by atoms with Gasteiger partial charge in [-0.2, -0.15) is 0 Å². The van der Waals surface area contributed by atoms with Gasteiger partial charge in [-0.25, -0.2) is 4.98 Å². The molecule has 5 nitrogen and oxygen atoms in total. The van der Waals surface area contributed by atoms with Crippen molar-refractivity contribution in [2.45, 2.75) is 6.04 Å². The highest BCUT2D eigenvalue weighted by Crippen LogP contribution is 2.30. The molecule has 0 aromatic carbocycles. The van der Waals surface area contributed by atoms with Gasteiger partial charge in [-0.1, -0.05) is 34.8 Å². The molecule has 0 saturated carbocycles. The second-order valence-corrected chi connectivity index (χ2v) is 4.28. The Bertz CT molecular complexity index is 424. The highest BCUT2D eigenvalue weighted by atomic mass is 35.5. The number of halogens is 3. The second-order valence-electron chi connectivity index (χ2n) is 3.12. The van der Waals surface area contributed by atoms with Crippen LogP contribution in [0.25, 0.3) is 0 Å². The van der Waals surface area contributed by atoms with Gasteiger partial charge in [0.15, 0.2) is 0 Å². The van der Waals surface area contributed by atoms with E-state index in [-0.39, 0.29) is 20.8 Å². The molecule has 1 amide bonds. The van der Waals surface area contributed by atoms with Gasteiger partial charge in [-0.05, 0) is 0 Å². The van der Waals surface area contributed by atoms with Crippen molar-refractivity contribution in [1.82, 2.24) is 10.3 Å². The molecule has 1 rings (SSSR count). The van der Waals surface area contributed by atoms with Crippen LogP contribution in [0.4, 0.5) is 0 Å². The summed E-state index contributed by atoms with van der Waals surface area (Å²) in [5.41, 5.74) is -0.118. The molecule has 0 saturated heterocycles. The van der Waals surface area contributed by atoms with E-state index < -0.39 is 25.2 Å². The highest BCUT2D eigenvalue weighted by Gasteiger charge is 2.19. The molecular weight excluding hydrogens is 290 g/mol. The molecule has 0 aliphatic heterocycles. The maximum absolute atomic E-state index is 11.7. The van der Waals surface area contributed by atoms with Crippen LogP contribution in [0.15, 0.2) is 6.20 Å². The third kappa shape index (κ3) is 3.43. The lowest BCUT2D eigenvalue weighted by Gasteiger charge is -2.13. The van der Waals surface area contributed by atoms with Crippen molar-refractivity contribution in [3.05, 3.63) is 27.0 Å². The molecule has 0 aliphatic rings. The molecule has 8 heteroatoms. The molecule has 0 unspecified atom stereocenters. The van der Waals surface area contributed by atoms with E-state index >= 15 is 0 Å². The molecule has 1 aromatic heterocycles. The fourth-order valence-electron chi connectivity index (χ4n) is 1.00. The monoisotopic (exact) mass is 298 g/mol. The first-order valence-electron chi connectivity index (χ1n) is 4.53. The summed E-state index contributed by atoms with van der Waals surface area (Å²) >= 11 is 17.2. The van der Waals surface area contributed by atoms with Crippen molar-refractivity contribution < 1.29 is 15.0 Å². The molecule has 3 N–H and O–H groups in total. The Balaban J connectivity index is 2.93. The van der Waals surface area contributed by atoms with Crippen LogP contribution in [0.1, 0.15) is 10.5 Å². The number of carbonyl (C=O) groups is 1. The summed E-state index contributed by atoms with van der Waals surface area (Å²) in [6, 6.07) is -0.783. The van der Waals surface area contributed by atoms with Gasteiger partial charge in [0.1, 0.15) is 5.69 Å². The van der Waals surface area contributed by atoms with E-state index in [0.29, 0.717) is 0 Å². The van der Waals surface area contributed by atoms with Crippen LogP contribution < -0.4 is 5.32 Å². The summed E-state index contributed by atoms with van der Waals surface area (Å²) < 4.78 is 0. The summed E-state index contributed by atoms with van der Waals surface area (Å²) in [5.74, 6) is -0.651. The molecule has 0 spiro atoms. The van der Waals surface area contributed by atoms with Gasteiger partial charge in [-0.15, -0.1) is 0 Å². The van der Waals surface area contributed by atoms with Crippen molar-refractivity contribution in [2.24, 2.45) is 0 Å². The van der Waals surface area contributed by atoms with Gasteiger partial charge < -0.3 is 15.5 Å². The van der Waals surface area contributed by atoms with Crippen LogP contribution >= 0.6 is 34.8 Å². The molecule has 0 atom stereocenters. The molecule has 0 bridgehead atoms. The van der Waals surface area contributed by atoms with Crippen LogP contribution in [-0.2, 0) is 0 Å². The molecule has 0 aliphatic carbocycles. The maximum Gasteiger partial charge on any atom is 0.271 e. The minimum atomic E-state index is -0.783. The number of aliphatic hydroxyl groups excluding tert-OH is 2. The lowest BCUT2D eigenvalue weighted by atomic mass is 10.3. The van der Waals surface area contributed by atoms with Crippen LogP contribution in [0.5, 0.6) is 0 Å².